The van der Waals surface area contributed by atoms with Crippen LogP contribution in [0.5, 0.6) is 5.75 Å². The number of amides is 2. The van der Waals surface area contributed by atoms with Crippen molar-refractivity contribution in [2.75, 3.05) is 26.0 Å². The van der Waals surface area contributed by atoms with E-state index in [-0.39, 0.29) is 24.1 Å². The molecule has 3 aromatic carbocycles. The van der Waals surface area contributed by atoms with Gasteiger partial charge in [-0.1, -0.05) is 30.3 Å². The van der Waals surface area contributed by atoms with E-state index in [4.69, 9.17) is 4.74 Å². The van der Waals surface area contributed by atoms with Crippen LogP contribution < -0.4 is 26.6 Å². The number of nitrogens with zero attached hydrogens (tertiary/aromatic N) is 3. The number of nitrogens with one attached hydrogen (secondary N) is 2. The molecule has 2 heterocycles. The van der Waals surface area contributed by atoms with E-state index >= 15 is 4.39 Å². The number of hydrogen-bond donors (Lipinski definition) is 2. The van der Waals surface area contributed by atoms with Crippen molar-refractivity contribution in [3.05, 3.63) is 104 Å². The molecule has 2 amide bonds. The summed E-state index contributed by atoms with van der Waals surface area (Å²) >= 11 is 0. The van der Waals surface area contributed by atoms with Crippen molar-refractivity contribution in [1.29, 1.82) is 0 Å². The SMILES string of the molecule is COc1cc(-c2cccc(-c3cccc(NC(=O)c4cn(C)c(=O)n(C)c4=O)c3C)c2C)cc(F)c1CN(C)[C@H]1CNC(=O)C1. The summed E-state index contributed by atoms with van der Waals surface area (Å²) in [5.74, 6) is -0.614. The van der Waals surface area contributed by atoms with Crippen LogP contribution in [0.25, 0.3) is 22.3 Å². The molecule has 0 radical (unpaired) electrons. The average molecular weight is 614 g/mol. The van der Waals surface area contributed by atoms with Gasteiger partial charge in [-0.15, -0.1) is 0 Å². The molecule has 10 nitrogen and oxygen atoms in total. The van der Waals surface area contributed by atoms with Gasteiger partial charge in [0.05, 0.1) is 7.11 Å². The van der Waals surface area contributed by atoms with Gasteiger partial charge < -0.3 is 19.9 Å². The summed E-state index contributed by atoms with van der Waals surface area (Å²) in [4.78, 5) is 51.4. The second-order valence-electron chi connectivity index (χ2n) is 11.4. The van der Waals surface area contributed by atoms with Gasteiger partial charge in [0.1, 0.15) is 17.1 Å². The topological polar surface area (TPSA) is 115 Å². The predicted octanol–water partition coefficient (Wildman–Crippen LogP) is 3.76. The molecule has 5 rings (SSSR count). The van der Waals surface area contributed by atoms with Crippen LogP contribution >= 0.6 is 0 Å². The standard InChI is InChI=1S/C34H36FN5O5/c1-19-23(21-13-28(35)26(30(14-21)45-6)17-38(3)22-15-31(41)36-16-22)9-7-10-24(19)25-11-8-12-29(20(25)2)37-32(42)27-18-39(4)34(44)40(5)33(27)43/h7-14,18,22H,15-17H2,1-6H3,(H,36,41)(H,37,42)/t22-/m1/s1. The van der Waals surface area contributed by atoms with E-state index in [9.17, 15) is 19.2 Å². The highest BCUT2D eigenvalue weighted by atomic mass is 19.1. The average Bonchev–Trinajstić information content (AvgIpc) is 3.46. The summed E-state index contributed by atoms with van der Waals surface area (Å²) in [7, 11) is 6.19. The number of likely N-dealkylation sites (N-methyl/N-ethyl adjacent to an activating group) is 1. The zero-order valence-corrected chi connectivity index (χ0v) is 26.2. The molecule has 11 heteroatoms. The molecule has 0 saturated carbocycles. The Morgan fingerprint density at radius 1 is 1.04 bits per heavy atom. The van der Waals surface area contributed by atoms with Gasteiger partial charge in [0.15, 0.2) is 0 Å². The van der Waals surface area contributed by atoms with Crippen molar-refractivity contribution in [2.24, 2.45) is 14.1 Å². The Balaban J connectivity index is 1.47. The van der Waals surface area contributed by atoms with E-state index in [0.29, 0.717) is 35.5 Å². The molecule has 0 bridgehead atoms. The molecule has 1 atom stereocenters. The molecular weight excluding hydrogens is 577 g/mol. The van der Waals surface area contributed by atoms with E-state index in [1.165, 1.54) is 38.0 Å². The molecule has 1 fully saturated rings. The van der Waals surface area contributed by atoms with Crippen LogP contribution in [-0.4, -0.2) is 52.6 Å². The number of methoxy groups -OCH3 is 1. The maximum atomic E-state index is 15.7. The number of aromatic nitrogens is 2. The van der Waals surface area contributed by atoms with Gasteiger partial charge in [-0.2, -0.15) is 0 Å². The lowest BCUT2D eigenvalue weighted by Gasteiger charge is -2.24. The molecule has 0 aliphatic carbocycles. The third-order valence-corrected chi connectivity index (χ3v) is 8.57. The zero-order chi connectivity index (χ0) is 32.6. The van der Waals surface area contributed by atoms with Crippen LogP contribution in [0.4, 0.5) is 10.1 Å². The molecule has 1 aromatic heterocycles. The minimum Gasteiger partial charge on any atom is -0.496 e. The number of aryl methyl sites for hydroxylation is 1. The highest BCUT2D eigenvalue weighted by Crippen LogP contribution is 2.38. The zero-order valence-electron chi connectivity index (χ0n) is 26.2. The highest BCUT2D eigenvalue weighted by Gasteiger charge is 2.27. The number of benzene rings is 3. The Labute approximate surface area is 260 Å². The van der Waals surface area contributed by atoms with Gasteiger partial charge in [-0.05, 0) is 72.5 Å². The first-order valence-corrected chi connectivity index (χ1v) is 14.5. The molecule has 1 aliphatic heterocycles. The second kappa shape index (κ2) is 12.5. The molecule has 234 valence electrons. The van der Waals surface area contributed by atoms with Gasteiger partial charge in [0.2, 0.25) is 5.91 Å². The van der Waals surface area contributed by atoms with Crippen LogP contribution in [0.15, 0.2) is 64.3 Å². The lowest BCUT2D eigenvalue weighted by molar-refractivity contribution is -0.119. The number of rotatable bonds is 8. The fraction of sp³-hybridized carbons (Fsp3) is 0.294. The largest absolute Gasteiger partial charge is 0.496 e. The predicted molar refractivity (Wildman–Crippen MR) is 171 cm³/mol. The summed E-state index contributed by atoms with van der Waals surface area (Å²) in [5.41, 5.74) is 4.46. The third-order valence-electron chi connectivity index (χ3n) is 8.57. The van der Waals surface area contributed by atoms with Crippen LogP contribution in [0.3, 0.4) is 0 Å². The first kappa shape index (κ1) is 31.4. The van der Waals surface area contributed by atoms with Crippen molar-refractivity contribution in [3.63, 3.8) is 0 Å². The number of hydrogen-bond acceptors (Lipinski definition) is 6. The highest BCUT2D eigenvalue weighted by molar-refractivity contribution is 6.04. The maximum Gasteiger partial charge on any atom is 0.330 e. The van der Waals surface area contributed by atoms with Crippen LogP contribution in [0.1, 0.15) is 33.5 Å². The molecule has 0 spiro atoms. The van der Waals surface area contributed by atoms with E-state index in [0.717, 1.165) is 32.4 Å². The third kappa shape index (κ3) is 6.03. The van der Waals surface area contributed by atoms with Crippen molar-refractivity contribution in [1.82, 2.24) is 19.4 Å². The molecule has 1 saturated heterocycles. The minimum atomic E-state index is -0.682. The quantitative estimate of drug-likeness (QED) is 0.313. The Morgan fingerprint density at radius 2 is 1.71 bits per heavy atom. The van der Waals surface area contributed by atoms with Crippen molar-refractivity contribution in [2.45, 2.75) is 32.9 Å². The summed E-state index contributed by atoms with van der Waals surface area (Å²) < 4.78 is 23.4. The Hall–Kier alpha value is -5.03. The smallest absolute Gasteiger partial charge is 0.330 e. The lowest BCUT2D eigenvalue weighted by atomic mass is 9.90. The number of halogens is 1. The molecular formula is C34H36FN5O5. The van der Waals surface area contributed by atoms with Crippen LogP contribution in [0.2, 0.25) is 0 Å². The van der Waals surface area contributed by atoms with Gasteiger partial charge in [-0.25, -0.2) is 9.18 Å². The van der Waals surface area contributed by atoms with Crippen LogP contribution in [-0.2, 0) is 25.4 Å². The Bertz CT molecular complexity index is 1950. The van der Waals surface area contributed by atoms with E-state index in [2.05, 4.69) is 10.6 Å². The molecule has 4 aromatic rings. The summed E-state index contributed by atoms with van der Waals surface area (Å²) in [6.07, 6.45) is 1.61. The fourth-order valence-corrected chi connectivity index (χ4v) is 5.84. The first-order chi connectivity index (χ1) is 21.4. The number of carbonyl (C=O) groups is 2. The number of carbonyl (C=O) groups excluding carboxylic acids is 2. The monoisotopic (exact) mass is 613 g/mol. The normalized spacial score (nSPS) is 14.5. The van der Waals surface area contributed by atoms with Crippen molar-refractivity contribution in [3.8, 4) is 28.0 Å². The fourth-order valence-electron chi connectivity index (χ4n) is 5.84. The Kier molecular flexibility index (Phi) is 8.74. The molecule has 45 heavy (non-hydrogen) atoms. The van der Waals surface area contributed by atoms with Gasteiger partial charge in [0.25, 0.3) is 11.5 Å². The summed E-state index contributed by atoms with van der Waals surface area (Å²) in [6.45, 7) is 4.65. The van der Waals surface area contributed by atoms with Crippen molar-refractivity contribution < 1.29 is 18.7 Å². The number of anilines is 1. The number of ether oxygens (including phenoxy) is 1. The maximum absolute atomic E-state index is 15.7. The van der Waals surface area contributed by atoms with Crippen molar-refractivity contribution >= 4 is 17.5 Å². The van der Waals surface area contributed by atoms with Gasteiger partial charge >= 0.3 is 5.69 Å². The summed E-state index contributed by atoms with van der Waals surface area (Å²) in [6, 6.07) is 14.6. The Morgan fingerprint density at radius 3 is 2.38 bits per heavy atom. The molecule has 1 aliphatic rings. The lowest BCUT2D eigenvalue weighted by Crippen LogP contribution is -2.40. The van der Waals surface area contributed by atoms with E-state index in [1.807, 2.05) is 62.2 Å². The molecule has 0 unspecified atom stereocenters. The van der Waals surface area contributed by atoms with Crippen LogP contribution in [0, 0.1) is 19.7 Å². The minimum absolute atomic E-state index is 0.0109. The molecule has 2 N–H and O–H groups in total. The van der Waals surface area contributed by atoms with Gasteiger partial charge in [-0.3, -0.25) is 23.9 Å². The van der Waals surface area contributed by atoms with Gasteiger partial charge in [0, 0.05) is 57.1 Å². The van der Waals surface area contributed by atoms with E-state index in [1.54, 1.807) is 6.07 Å². The first-order valence-electron chi connectivity index (χ1n) is 14.5. The summed E-state index contributed by atoms with van der Waals surface area (Å²) in [5, 5.41) is 5.64. The van der Waals surface area contributed by atoms with E-state index < -0.39 is 23.0 Å². The second-order valence-corrected chi connectivity index (χ2v) is 11.4.